The van der Waals surface area contributed by atoms with Gasteiger partial charge < -0.3 is 9.88 Å². The van der Waals surface area contributed by atoms with Crippen LogP contribution in [0.15, 0.2) is 59.3 Å². The third-order valence-corrected chi connectivity index (χ3v) is 9.99. The Balaban J connectivity index is 0.000000830. The summed E-state index contributed by atoms with van der Waals surface area (Å²) in [4.78, 5) is 20.3. The highest BCUT2D eigenvalue weighted by Crippen LogP contribution is 2.63. The number of allylic oxidation sites excluding steroid dienone is 1. The number of rotatable bonds is 10. The summed E-state index contributed by atoms with van der Waals surface area (Å²) in [6, 6.07) is 8.92. The summed E-state index contributed by atoms with van der Waals surface area (Å²) in [6.45, 7) is 17.4. The van der Waals surface area contributed by atoms with Gasteiger partial charge in [0.15, 0.2) is 0 Å². The predicted octanol–water partition coefficient (Wildman–Crippen LogP) is 8.35. The first-order valence-electron chi connectivity index (χ1n) is 15.5. The molecule has 0 amide bonds. The van der Waals surface area contributed by atoms with Gasteiger partial charge in [-0.15, -0.1) is 6.42 Å². The highest BCUT2D eigenvalue weighted by Gasteiger charge is 2.57. The topological polar surface area (TPSA) is 80.5 Å². The van der Waals surface area contributed by atoms with Gasteiger partial charge in [-0.25, -0.2) is 9.98 Å². The van der Waals surface area contributed by atoms with Crippen LogP contribution in [-0.4, -0.2) is 40.8 Å². The van der Waals surface area contributed by atoms with Gasteiger partial charge in [0.05, 0.1) is 24.7 Å². The van der Waals surface area contributed by atoms with Gasteiger partial charge in [0.25, 0.3) is 0 Å². The zero-order chi connectivity index (χ0) is 30.0. The van der Waals surface area contributed by atoms with Crippen molar-refractivity contribution in [2.24, 2.45) is 32.1 Å². The van der Waals surface area contributed by atoms with Crippen LogP contribution < -0.4 is 4.90 Å². The summed E-state index contributed by atoms with van der Waals surface area (Å²) in [5.41, 5.74) is 7.11. The Hall–Kier alpha value is -3.72. The van der Waals surface area contributed by atoms with Gasteiger partial charge in [-0.1, -0.05) is 52.0 Å². The van der Waals surface area contributed by atoms with E-state index in [9.17, 15) is 0 Å². The number of aromatic nitrogens is 2. The van der Waals surface area contributed by atoms with E-state index in [0.717, 1.165) is 55.1 Å². The minimum atomic E-state index is 0.267. The fourth-order valence-electron chi connectivity index (χ4n) is 7.83. The van der Waals surface area contributed by atoms with Crippen LogP contribution in [0.4, 0.5) is 5.69 Å². The van der Waals surface area contributed by atoms with Gasteiger partial charge in [0.2, 0.25) is 0 Å². The van der Waals surface area contributed by atoms with Crippen LogP contribution in [0.1, 0.15) is 84.4 Å². The van der Waals surface area contributed by atoms with Crippen LogP contribution in [0.5, 0.6) is 0 Å². The molecular weight excluding hydrogens is 516 g/mol. The number of aromatic amines is 1. The molecule has 1 aliphatic heterocycles. The molecule has 0 atom stereocenters. The van der Waals surface area contributed by atoms with E-state index in [2.05, 4.69) is 72.9 Å². The first-order chi connectivity index (χ1) is 20.1. The summed E-state index contributed by atoms with van der Waals surface area (Å²) >= 11 is 0. The molecule has 3 aliphatic carbocycles. The average Bonchev–Trinajstić information content (AvgIpc) is 3.79. The molecule has 6 rings (SSSR count). The third kappa shape index (κ3) is 5.93. The lowest BCUT2D eigenvalue weighted by atomic mass is 9.63. The smallest absolute Gasteiger partial charge is 0.129 e. The lowest BCUT2D eigenvalue weighted by molar-refractivity contribution is 0.120. The molecule has 0 radical (unpaired) electrons. The molecule has 3 fully saturated rings. The number of amidine groups is 1. The highest BCUT2D eigenvalue weighted by molar-refractivity contribution is 6.07. The number of nitrogens with one attached hydrogen (secondary N) is 2. The Kier molecular flexibility index (Phi) is 8.42. The van der Waals surface area contributed by atoms with Gasteiger partial charge in [0.1, 0.15) is 11.7 Å². The van der Waals surface area contributed by atoms with Crippen LogP contribution in [0.3, 0.4) is 0 Å². The largest absolute Gasteiger partial charge is 0.345 e. The number of nitrogens with zero attached hydrogens (tertiary/aromatic N) is 4. The van der Waals surface area contributed by atoms with E-state index >= 15 is 0 Å². The molecule has 4 aliphatic rings. The standard InChI is InChI=1S/C33H43N5.C3H3N/c1-6-9-30-35-20-28(37-30)33-14-12-32(21-33,13-15-33)22-38(23(3)25-17-31(4,5)18-25)26-11-8-10-24(16-26)27-19-34-29(7-2)36-27;1-2-3-4/h7-8,10-11,16,19,25H,2-3,6,9,12-15,17-18,20-22H2,1,4-5H3,(H,34,36);1,3-4H. The number of terminal acetylenes is 1. The van der Waals surface area contributed by atoms with Crippen molar-refractivity contribution in [3.05, 3.63) is 55.1 Å². The second kappa shape index (κ2) is 11.9. The third-order valence-electron chi connectivity index (χ3n) is 9.99. The summed E-state index contributed by atoms with van der Waals surface area (Å²) in [5.74, 6) is 4.41. The van der Waals surface area contributed by atoms with E-state index in [-0.39, 0.29) is 5.41 Å². The van der Waals surface area contributed by atoms with E-state index in [1.54, 1.807) is 6.08 Å². The van der Waals surface area contributed by atoms with Crippen LogP contribution in [-0.2, 0) is 0 Å². The normalized spacial score (nSPS) is 25.4. The molecule has 0 spiro atoms. The summed E-state index contributed by atoms with van der Waals surface area (Å²) in [6.07, 6.45) is 20.0. The number of hydrogen-bond acceptors (Lipinski definition) is 5. The van der Waals surface area contributed by atoms with Gasteiger partial charge in [-0.05, 0) is 86.3 Å². The van der Waals surface area contributed by atoms with Gasteiger partial charge in [0, 0.05) is 41.0 Å². The van der Waals surface area contributed by atoms with Crippen LogP contribution in [0, 0.1) is 39.9 Å². The molecule has 6 heteroatoms. The molecule has 0 unspecified atom stereocenters. The zero-order valence-electron chi connectivity index (χ0n) is 25.7. The number of benzene rings is 1. The van der Waals surface area contributed by atoms with Crippen molar-refractivity contribution in [3.8, 4) is 23.6 Å². The molecule has 1 aromatic carbocycles. The number of anilines is 1. The van der Waals surface area contributed by atoms with E-state index in [4.69, 9.17) is 22.0 Å². The van der Waals surface area contributed by atoms with Crippen molar-refractivity contribution in [1.82, 2.24) is 9.97 Å². The van der Waals surface area contributed by atoms with Crippen molar-refractivity contribution in [2.45, 2.75) is 78.6 Å². The van der Waals surface area contributed by atoms with E-state index in [1.807, 2.05) is 12.1 Å². The maximum Gasteiger partial charge on any atom is 0.129 e. The second-order valence-corrected chi connectivity index (χ2v) is 13.6. The monoisotopic (exact) mass is 562 g/mol. The fourth-order valence-corrected chi connectivity index (χ4v) is 7.83. The molecule has 2 heterocycles. The SMILES string of the molecule is C#CC=N.C=Cc1ncc(-c2cccc(N(CC34CCC(C5=NC(CCC)=NC5)(CC3)C4)C(=C)C3CC(C)(C)C3)c2)[nH]1. The van der Waals surface area contributed by atoms with E-state index in [1.165, 1.54) is 62.0 Å². The number of H-pyrrole nitrogens is 1. The van der Waals surface area contributed by atoms with Gasteiger partial charge in [-0.3, -0.25) is 10.4 Å². The van der Waals surface area contributed by atoms with Crippen molar-refractivity contribution in [3.63, 3.8) is 0 Å². The van der Waals surface area contributed by atoms with E-state index in [0.29, 0.717) is 16.7 Å². The molecule has 0 saturated heterocycles. The van der Waals surface area contributed by atoms with Crippen LogP contribution in [0.2, 0.25) is 0 Å². The minimum absolute atomic E-state index is 0.267. The maximum atomic E-state index is 6.09. The molecular formula is C36H46N6. The molecule has 6 nitrogen and oxygen atoms in total. The average molecular weight is 563 g/mol. The Labute approximate surface area is 252 Å². The van der Waals surface area contributed by atoms with Crippen molar-refractivity contribution in [1.29, 1.82) is 5.41 Å². The Bertz CT molecular complexity index is 1430. The number of imidazole rings is 1. The molecule has 3 saturated carbocycles. The minimum Gasteiger partial charge on any atom is -0.345 e. The summed E-state index contributed by atoms with van der Waals surface area (Å²) < 4.78 is 0. The molecule has 2 N–H and O–H groups in total. The van der Waals surface area contributed by atoms with Crippen molar-refractivity contribution >= 4 is 29.5 Å². The maximum absolute atomic E-state index is 6.09. The molecule has 220 valence electrons. The Morgan fingerprint density at radius 1 is 1.24 bits per heavy atom. The lowest BCUT2D eigenvalue weighted by Gasteiger charge is -2.48. The first-order valence-corrected chi connectivity index (χ1v) is 15.5. The summed E-state index contributed by atoms with van der Waals surface area (Å²) in [7, 11) is 0. The van der Waals surface area contributed by atoms with Crippen LogP contribution >= 0.6 is 0 Å². The molecule has 42 heavy (non-hydrogen) atoms. The van der Waals surface area contributed by atoms with Gasteiger partial charge >= 0.3 is 0 Å². The number of hydrogen-bond donors (Lipinski definition) is 2. The Morgan fingerprint density at radius 2 is 1.98 bits per heavy atom. The zero-order valence-corrected chi connectivity index (χ0v) is 25.7. The predicted molar refractivity (Wildman–Crippen MR) is 177 cm³/mol. The quantitative estimate of drug-likeness (QED) is 0.225. The van der Waals surface area contributed by atoms with Crippen molar-refractivity contribution < 1.29 is 0 Å². The lowest BCUT2D eigenvalue weighted by Crippen LogP contribution is -2.42. The highest BCUT2D eigenvalue weighted by atomic mass is 15.2. The molecule has 2 bridgehead atoms. The molecule has 1 aromatic heterocycles. The number of aliphatic imine (C=N–C) groups is 2. The van der Waals surface area contributed by atoms with Crippen molar-refractivity contribution in [2.75, 3.05) is 18.0 Å². The molecule has 2 aromatic rings. The second-order valence-electron chi connectivity index (χ2n) is 13.6. The van der Waals surface area contributed by atoms with Gasteiger partial charge in [-0.2, -0.15) is 0 Å². The Morgan fingerprint density at radius 3 is 2.60 bits per heavy atom. The fraction of sp³-hybridized carbons (Fsp3) is 0.500. The summed E-state index contributed by atoms with van der Waals surface area (Å²) in [5, 5.41) is 6.09. The first kappa shape index (κ1) is 29.8. The van der Waals surface area contributed by atoms with Crippen LogP contribution in [0.25, 0.3) is 17.3 Å². The van der Waals surface area contributed by atoms with E-state index < -0.39 is 0 Å². The number of fused-ring (bicyclic) bond motifs is 2.